The van der Waals surface area contributed by atoms with Crippen molar-refractivity contribution in [2.24, 2.45) is 12.8 Å². The van der Waals surface area contributed by atoms with Gasteiger partial charge in [-0.1, -0.05) is 5.21 Å². The van der Waals surface area contributed by atoms with Crippen LogP contribution < -0.4 is 5.73 Å². The van der Waals surface area contributed by atoms with E-state index in [1.54, 1.807) is 12.5 Å². The van der Waals surface area contributed by atoms with E-state index in [1.807, 2.05) is 21.2 Å². The number of piperidine rings is 1. The average molecular weight is 358 g/mol. The minimum absolute atomic E-state index is 0.0276. The normalized spacial score (nSPS) is 24.8. The topological polar surface area (TPSA) is 108 Å². The highest BCUT2D eigenvalue weighted by molar-refractivity contribution is 5.92. The fourth-order valence-corrected chi connectivity index (χ4v) is 4.08. The molecule has 2 N–H and O–H groups in total. The summed E-state index contributed by atoms with van der Waals surface area (Å²) in [6.07, 6.45) is 9.33. The number of aryl methyl sites for hydroxylation is 1. The maximum Gasteiger partial charge on any atom is 0.276 e. The summed E-state index contributed by atoms with van der Waals surface area (Å²) < 4.78 is 3.81. The molecule has 1 saturated carbocycles. The molecule has 2 aliphatic rings. The molecule has 9 nitrogen and oxygen atoms in total. The first-order chi connectivity index (χ1) is 12.6. The highest BCUT2D eigenvalue weighted by Gasteiger charge is 2.29. The molecule has 0 bridgehead atoms. The van der Waals surface area contributed by atoms with Gasteiger partial charge in [-0.25, -0.2) is 4.68 Å². The predicted octanol–water partition coefficient (Wildman–Crippen LogP) is 0.869. The Bertz CT molecular complexity index is 752. The number of nitrogens with two attached hydrogens (primary N) is 1. The molecule has 0 spiro atoms. The van der Waals surface area contributed by atoms with Gasteiger partial charge in [0, 0.05) is 32.1 Å². The lowest BCUT2D eigenvalue weighted by Crippen LogP contribution is -2.38. The number of hydrogen-bond donors (Lipinski definition) is 1. The van der Waals surface area contributed by atoms with Gasteiger partial charge in [-0.15, -0.1) is 15.3 Å². The van der Waals surface area contributed by atoms with Gasteiger partial charge < -0.3 is 15.2 Å². The number of carbonyl (C=O) groups excluding carboxylic acids is 1. The maximum absolute atomic E-state index is 12.8. The van der Waals surface area contributed by atoms with Gasteiger partial charge in [0.15, 0.2) is 5.69 Å². The van der Waals surface area contributed by atoms with Crippen LogP contribution in [0, 0.1) is 0 Å². The minimum atomic E-state index is -0.0276. The van der Waals surface area contributed by atoms with Crippen LogP contribution in [0.2, 0.25) is 0 Å². The molecule has 9 heteroatoms. The number of hydrogen-bond acceptors (Lipinski definition) is 6. The van der Waals surface area contributed by atoms with E-state index in [1.165, 1.54) is 0 Å². The second-order valence-electron chi connectivity index (χ2n) is 7.52. The summed E-state index contributed by atoms with van der Waals surface area (Å²) in [7, 11) is 1.96. The SMILES string of the molecule is Cn1cnnc1C1CCN(C(=O)c2cn(C3CCC(N)CC3)nn2)CC1. The van der Waals surface area contributed by atoms with Gasteiger partial charge in [0.2, 0.25) is 0 Å². The van der Waals surface area contributed by atoms with Crippen molar-refractivity contribution in [3.05, 3.63) is 24.0 Å². The van der Waals surface area contributed by atoms with Gasteiger partial charge in [0.1, 0.15) is 12.2 Å². The Hall–Kier alpha value is -2.29. The molecule has 1 aliphatic carbocycles. The molecule has 0 atom stereocenters. The maximum atomic E-state index is 12.8. The smallest absolute Gasteiger partial charge is 0.276 e. The van der Waals surface area contributed by atoms with Crippen LogP contribution in [0.4, 0.5) is 0 Å². The summed E-state index contributed by atoms with van der Waals surface area (Å²) in [6.45, 7) is 1.42. The quantitative estimate of drug-likeness (QED) is 0.872. The first-order valence-corrected chi connectivity index (χ1v) is 9.42. The van der Waals surface area contributed by atoms with E-state index in [9.17, 15) is 4.79 Å². The van der Waals surface area contributed by atoms with Crippen molar-refractivity contribution in [3.63, 3.8) is 0 Å². The zero-order valence-corrected chi connectivity index (χ0v) is 15.2. The van der Waals surface area contributed by atoms with Crippen LogP contribution in [0.3, 0.4) is 0 Å². The molecule has 4 rings (SSSR count). The van der Waals surface area contributed by atoms with Crippen molar-refractivity contribution >= 4 is 5.91 Å². The van der Waals surface area contributed by atoms with Crippen LogP contribution >= 0.6 is 0 Å². The van der Waals surface area contributed by atoms with Gasteiger partial charge in [-0.2, -0.15) is 0 Å². The Morgan fingerprint density at radius 1 is 1.12 bits per heavy atom. The van der Waals surface area contributed by atoms with Crippen molar-refractivity contribution in [1.82, 2.24) is 34.7 Å². The molecule has 140 valence electrons. The van der Waals surface area contributed by atoms with Gasteiger partial charge in [-0.3, -0.25) is 4.79 Å². The van der Waals surface area contributed by atoms with Crippen LogP contribution in [0.1, 0.15) is 66.8 Å². The molecule has 0 radical (unpaired) electrons. The first-order valence-electron chi connectivity index (χ1n) is 9.42. The predicted molar refractivity (Wildman–Crippen MR) is 94.4 cm³/mol. The molecule has 0 aromatic carbocycles. The molecule has 2 fully saturated rings. The van der Waals surface area contributed by atoms with Crippen molar-refractivity contribution < 1.29 is 4.79 Å². The average Bonchev–Trinajstić information content (AvgIpc) is 3.31. The first kappa shape index (κ1) is 17.1. The van der Waals surface area contributed by atoms with Crippen LogP contribution in [-0.2, 0) is 7.05 Å². The zero-order chi connectivity index (χ0) is 18.1. The summed E-state index contributed by atoms with van der Waals surface area (Å²) >= 11 is 0. The van der Waals surface area contributed by atoms with Crippen LogP contribution in [0.5, 0.6) is 0 Å². The lowest BCUT2D eigenvalue weighted by Gasteiger charge is -2.30. The van der Waals surface area contributed by atoms with E-state index in [-0.39, 0.29) is 5.91 Å². The number of likely N-dealkylation sites (tertiary alicyclic amines) is 1. The zero-order valence-electron chi connectivity index (χ0n) is 15.2. The third-order valence-electron chi connectivity index (χ3n) is 5.74. The number of nitrogens with zero attached hydrogens (tertiary/aromatic N) is 7. The van der Waals surface area contributed by atoms with Crippen LogP contribution in [0.15, 0.2) is 12.5 Å². The minimum Gasteiger partial charge on any atom is -0.337 e. The van der Waals surface area contributed by atoms with Crippen molar-refractivity contribution in [2.45, 2.75) is 56.5 Å². The monoisotopic (exact) mass is 358 g/mol. The molecule has 1 amide bonds. The van der Waals surface area contributed by atoms with E-state index in [0.29, 0.717) is 36.8 Å². The summed E-state index contributed by atoms with van der Waals surface area (Å²) in [5.74, 6) is 1.33. The molecular formula is C17H26N8O. The lowest BCUT2D eigenvalue weighted by atomic mass is 9.92. The fraction of sp³-hybridized carbons (Fsp3) is 0.706. The summed E-state index contributed by atoms with van der Waals surface area (Å²) in [5.41, 5.74) is 6.41. The van der Waals surface area contributed by atoms with Gasteiger partial charge >= 0.3 is 0 Å². The van der Waals surface area contributed by atoms with Gasteiger partial charge in [0.05, 0.1) is 12.2 Å². The summed E-state index contributed by atoms with van der Waals surface area (Å²) in [5, 5.41) is 16.5. The second-order valence-corrected chi connectivity index (χ2v) is 7.52. The van der Waals surface area contributed by atoms with E-state index < -0.39 is 0 Å². The van der Waals surface area contributed by atoms with Gasteiger partial charge in [-0.05, 0) is 38.5 Å². The summed E-state index contributed by atoms with van der Waals surface area (Å²) in [6, 6.07) is 0.608. The number of aromatic nitrogens is 6. The lowest BCUT2D eigenvalue weighted by molar-refractivity contribution is 0.0704. The molecule has 1 saturated heterocycles. The highest BCUT2D eigenvalue weighted by atomic mass is 16.2. The van der Waals surface area contributed by atoms with Crippen molar-refractivity contribution in [1.29, 1.82) is 0 Å². The van der Waals surface area contributed by atoms with E-state index in [4.69, 9.17) is 5.73 Å². The Labute approximate surface area is 152 Å². The second kappa shape index (κ2) is 7.14. The van der Waals surface area contributed by atoms with Gasteiger partial charge in [0.25, 0.3) is 5.91 Å². The molecule has 2 aromatic heterocycles. The van der Waals surface area contributed by atoms with Crippen molar-refractivity contribution in [2.75, 3.05) is 13.1 Å². The number of rotatable bonds is 3. The molecule has 26 heavy (non-hydrogen) atoms. The van der Waals surface area contributed by atoms with E-state index in [0.717, 1.165) is 44.3 Å². The third-order valence-corrected chi connectivity index (χ3v) is 5.74. The number of amides is 1. The molecular weight excluding hydrogens is 332 g/mol. The Balaban J connectivity index is 1.36. The van der Waals surface area contributed by atoms with E-state index in [2.05, 4.69) is 20.5 Å². The Kier molecular flexibility index (Phi) is 4.71. The molecule has 3 heterocycles. The number of carbonyl (C=O) groups is 1. The third kappa shape index (κ3) is 3.35. The standard InChI is InChI=1S/C17H26N8O/c1-23-11-19-21-16(23)12-6-8-24(9-7-12)17(26)15-10-25(22-20-15)14-4-2-13(18)3-5-14/h10-14H,2-9,18H2,1H3. The Morgan fingerprint density at radius 2 is 1.85 bits per heavy atom. The van der Waals surface area contributed by atoms with Crippen molar-refractivity contribution in [3.8, 4) is 0 Å². The molecule has 2 aromatic rings. The van der Waals surface area contributed by atoms with Crippen LogP contribution in [-0.4, -0.2) is 59.7 Å². The fourth-order valence-electron chi connectivity index (χ4n) is 4.08. The van der Waals surface area contributed by atoms with Crippen LogP contribution in [0.25, 0.3) is 0 Å². The molecule has 0 unspecified atom stereocenters. The highest BCUT2D eigenvalue weighted by Crippen LogP contribution is 2.28. The Morgan fingerprint density at radius 3 is 2.50 bits per heavy atom. The summed E-state index contributed by atoms with van der Waals surface area (Å²) in [4.78, 5) is 14.6. The molecule has 1 aliphatic heterocycles. The van der Waals surface area contributed by atoms with E-state index >= 15 is 0 Å². The largest absolute Gasteiger partial charge is 0.337 e.